The summed E-state index contributed by atoms with van der Waals surface area (Å²) in [5.74, 6) is 0.565. The molecule has 1 N–H and O–H groups in total. The first-order valence-corrected chi connectivity index (χ1v) is 6.10. The Bertz CT molecular complexity index is 500. The van der Waals surface area contributed by atoms with E-state index in [0.29, 0.717) is 5.92 Å². The third-order valence-electron chi connectivity index (χ3n) is 3.37. The van der Waals surface area contributed by atoms with E-state index in [1.54, 1.807) is 6.26 Å². The standard InChI is InChI=1S/C13H14ClNO/c14-11-1-2-12-10(5-8-16-12)13(11)9-3-6-15-7-4-9/h1-2,5,8-9,15H,3-4,6-7H2. The number of furan rings is 1. The van der Waals surface area contributed by atoms with Crippen molar-refractivity contribution in [2.75, 3.05) is 13.1 Å². The van der Waals surface area contributed by atoms with Crippen LogP contribution in [0.1, 0.15) is 24.3 Å². The predicted molar refractivity (Wildman–Crippen MR) is 66.1 cm³/mol. The lowest BCUT2D eigenvalue weighted by atomic mass is 9.88. The Kier molecular flexibility index (Phi) is 2.62. The van der Waals surface area contributed by atoms with Crippen LogP contribution in [0.5, 0.6) is 0 Å². The molecule has 84 valence electrons. The molecule has 1 aromatic heterocycles. The maximum absolute atomic E-state index is 6.33. The van der Waals surface area contributed by atoms with Gasteiger partial charge in [0.15, 0.2) is 0 Å². The third-order valence-corrected chi connectivity index (χ3v) is 3.70. The van der Waals surface area contributed by atoms with E-state index in [1.807, 2.05) is 18.2 Å². The number of fused-ring (bicyclic) bond motifs is 1. The summed E-state index contributed by atoms with van der Waals surface area (Å²) in [5.41, 5.74) is 2.22. The van der Waals surface area contributed by atoms with E-state index in [-0.39, 0.29) is 0 Å². The van der Waals surface area contributed by atoms with Crippen molar-refractivity contribution in [1.82, 2.24) is 5.32 Å². The molecule has 2 aromatic rings. The van der Waals surface area contributed by atoms with Gasteiger partial charge in [0.2, 0.25) is 0 Å². The molecule has 1 saturated heterocycles. The van der Waals surface area contributed by atoms with E-state index >= 15 is 0 Å². The molecule has 1 aliphatic heterocycles. The van der Waals surface area contributed by atoms with Crippen molar-refractivity contribution in [2.24, 2.45) is 0 Å². The second-order valence-corrected chi connectivity index (χ2v) is 4.72. The van der Waals surface area contributed by atoms with Gasteiger partial charge in [0.25, 0.3) is 0 Å². The summed E-state index contributed by atoms with van der Waals surface area (Å²) in [5, 5.41) is 5.44. The van der Waals surface area contributed by atoms with E-state index < -0.39 is 0 Å². The summed E-state index contributed by atoms with van der Waals surface area (Å²) in [4.78, 5) is 0. The molecule has 0 saturated carbocycles. The Balaban J connectivity index is 2.12. The molecule has 0 radical (unpaired) electrons. The fourth-order valence-corrected chi connectivity index (χ4v) is 2.88. The topological polar surface area (TPSA) is 25.2 Å². The minimum Gasteiger partial charge on any atom is -0.464 e. The molecule has 0 atom stereocenters. The normalized spacial score (nSPS) is 18.1. The number of halogens is 1. The van der Waals surface area contributed by atoms with Gasteiger partial charge in [-0.05, 0) is 55.6 Å². The lowest BCUT2D eigenvalue weighted by molar-refractivity contribution is 0.462. The van der Waals surface area contributed by atoms with Gasteiger partial charge >= 0.3 is 0 Å². The van der Waals surface area contributed by atoms with Gasteiger partial charge < -0.3 is 9.73 Å². The summed E-state index contributed by atoms with van der Waals surface area (Å²) >= 11 is 6.33. The number of rotatable bonds is 1. The maximum Gasteiger partial charge on any atom is 0.134 e. The fourth-order valence-electron chi connectivity index (χ4n) is 2.57. The molecule has 1 aromatic carbocycles. The number of nitrogens with one attached hydrogen (secondary N) is 1. The number of benzene rings is 1. The Morgan fingerprint density at radius 3 is 2.81 bits per heavy atom. The summed E-state index contributed by atoms with van der Waals surface area (Å²) < 4.78 is 5.43. The Labute approximate surface area is 99.6 Å². The molecule has 0 amide bonds. The second-order valence-electron chi connectivity index (χ2n) is 4.32. The molecule has 0 aliphatic carbocycles. The second kappa shape index (κ2) is 4.11. The minimum absolute atomic E-state index is 0.565. The first-order chi connectivity index (χ1) is 7.86. The quantitative estimate of drug-likeness (QED) is 0.818. The first-order valence-electron chi connectivity index (χ1n) is 5.72. The molecule has 3 rings (SSSR count). The van der Waals surface area contributed by atoms with Gasteiger partial charge in [-0.1, -0.05) is 11.6 Å². The highest BCUT2D eigenvalue weighted by Crippen LogP contribution is 2.36. The molecular weight excluding hydrogens is 222 g/mol. The van der Waals surface area contributed by atoms with E-state index in [0.717, 1.165) is 36.5 Å². The van der Waals surface area contributed by atoms with Crippen molar-refractivity contribution in [3.63, 3.8) is 0 Å². The number of hydrogen-bond donors (Lipinski definition) is 1. The lowest BCUT2D eigenvalue weighted by Gasteiger charge is -2.24. The summed E-state index contributed by atoms with van der Waals surface area (Å²) in [6.45, 7) is 2.16. The van der Waals surface area contributed by atoms with Crippen molar-refractivity contribution in [2.45, 2.75) is 18.8 Å². The number of piperidine rings is 1. The van der Waals surface area contributed by atoms with Crippen LogP contribution in [0.4, 0.5) is 0 Å². The fraction of sp³-hybridized carbons (Fsp3) is 0.385. The van der Waals surface area contributed by atoms with Crippen LogP contribution < -0.4 is 5.32 Å². The van der Waals surface area contributed by atoms with E-state index in [1.165, 1.54) is 10.9 Å². The van der Waals surface area contributed by atoms with Crippen molar-refractivity contribution in [1.29, 1.82) is 0 Å². The van der Waals surface area contributed by atoms with E-state index in [2.05, 4.69) is 5.32 Å². The van der Waals surface area contributed by atoms with Gasteiger partial charge in [0, 0.05) is 10.4 Å². The molecule has 2 heterocycles. The van der Waals surface area contributed by atoms with Crippen LogP contribution in [0.25, 0.3) is 11.0 Å². The van der Waals surface area contributed by atoms with Gasteiger partial charge in [0.05, 0.1) is 6.26 Å². The molecule has 2 nitrogen and oxygen atoms in total. The average molecular weight is 236 g/mol. The molecule has 1 fully saturated rings. The van der Waals surface area contributed by atoms with Gasteiger partial charge in [-0.25, -0.2) is 0 Å². The third kappa shape index (κ3) is 1.62. The zero-order chi connectivity index (χ0) is 11.0. The molecule has 3 heteroatoms. The van der Waals surface area contributed by atoms with E-state index in [4.69, 9.17) is 16.0 Å². The molecule has 0 bridgehead atoms. The van der Waals surface area contributed by atoms with Gasteiger partial charge in [-0.2, -0.15) is 0 Å². The molecular formula is C13H14ClNO. The monoisotopic (exact) mass is 235 g/mol. The average Bonchev–Trinajstić information content (AvgIpc) is 2.78. The van der Waals surface area contributed by atoms with Crippen molar-refractivity contribution >= 4 is 22.6 Å². The number of hydrogen-bond acceptors (Lipinski definition) is 2. The Morgan fingerprint density at radius 2 is 2.00 bits per heavy atom. The van der Waals surface area contributed by atoms with Gasteiger partial charge in [0.1, 0.15) is 5.58 Å². The first kappa shape index (κ1) is 10.2. The maximum atomic E-state index is 6.33. The van der Waals surface area contributed by atoms with Crippen LogP contribution in [-0.2, 0) is 0 Å². The Morgan fingerprint density at radius 1 is 1.19 bits per heavy atom. The predicted octanol–water partition coefficient (Wildman–Crippen LogP) is 3.55. The highest BCUT2D eigenvalue weighted by Gasteiger charge is 2.20. The summed E-state index contributed by atoms with van der Waals surface area (Å²) in [6, 6.07) is 5.92. The zero-order valence-electron chi connectivity index (χ0n) is 9.00. The highest BCUT2D eigenvalue weighted by molar-refractivity contribution is 6.32. The smallest absolute Gasteiger partial charge is 0.134 e. The Hall–Kier alpha value is -0.990. The van der Waals surface area contributed by atoms with Crippen LogP contribution in [0, 0.1) is 0 Å². The van der Waals surface area contributed by atoms with Crippen LogP contribution in [-0.4, -0.2) is 13.1 Å². The molecule has 0 unspecified atom stereocenters. The van der Waals surface area contributed by atoms with Gasteiger partial charge in [-0.3, -0.25) is 0 Å². The zero-order valence-corrected chi connectivity index (χ0v) is 9.76. The van der Waals surface area contributed by atoms with Crippen LogP contribution in [0.15, 0.2) is 28.9 Å². The summed E-state index contributed by atoms with van der Waals surface area (Å²) in [6.07, 6.45) is 4.06. The molecule has 1 aliphatic rings. The van der Waals surface area contributed by atoms with Crippen LogP contribution in [0.2, 0.25) is 5.02 Å². The van der Waals surface area contributed by atoms with Gasteiger partial charge in [-0.15, -0.1) is 0 Å². The van der Waals surface area contributed by atoms with Crippen LogP contribution >= 0.6 is 11.6 Å². The largest absolute Gasteiger partial charge is 0.464 e. The summed E-state index contributed by atoms with van der Waals surface area (Å²) in [7, 11) is 0. The lowest BCUT2D eigenvalue weighted by Crippen LogP contribution is -2.26. The van der Waals surface area contributed by atoms with E-state index in [9.17, 15) is 0 Å². The highest BCUT2D eigenvalue weighted by atomic mass is 35.5. The molecule has 0 spiro atoms. The molecule has 16 heavy (non-hydrogen) atoms. The van der Waals surface area contributed by atoms with Crippen LogP contribution in [0.3, 0.4) is 0 Å². The SMILES string of the molecule is Clc1ccc2occc2c1C1CCNCC1. The van der Waals surface area contributed by atoms with Crippen molar-refractivity contribution < 1.29 is 4.42 Å². The van der Waals surface area contributed by atoms with Crippen molar-refractivity contribution in [3.8, 4) is 0 Å². The minimum atomic E-state index is 0.565. The van der Waals surface area contributed by atoms with Crippen molar-refractivity contribution in [3.05, 3.63) is 35.0 Å².